The third-order valence-electron chi connectivity index (χ3n) is 4.99. The maximum absolute atomic E-state index is 12.8. The summed E-state index contributed by atoms with van der Waals surface area (Å²) in [5.74, 6) is 0.888. The summed E-state index contributed by atoms with van der Waals surface area (Å²) in [6, 6.07) is 13.5. The molecule has 0 aliphatic carbocycles. The van der Waals surface area contributed by atoms with E-state index in [1.807, 2.05) is 6.07 Å². The van der Waals surface area contributed by atoms with Crippen LogP contribution in [0.5, 0.6) is 11.5 Å². The number of amides is 1. The van der Waals surface area contributed by atoms with Crippen molar-refractivity contribution in [2.45, 2.75) is 17.7 Å². The molecule has 1 aliphatic rings. The van der Waals surface area contributed by atoms with Gasteiger partial charge in [-0.25, -0.2) is 8.42 Å². The van der Waals surface area contributed by atoms with E-state index in [9.17, 15) is 13.2 Å². The minimum absolute atomic E-state index is 0.114. The molecule has 8 heteroatoms. The summed E-state index contributed by atoms with van der Waals surface area (Å²) in [5, 5.41) is 2.90. The average Bonchev–Trinajstić information content (AvgIpc) is 2.78. The fourth-order valence-corrected chi connectivity index (χ4v) is 4.79. The van der Waals surface area contributed by atoms with Gasteiger partial charge in [-0.2, -0.15) is 4.31 Å². The number of methoxy groups -OCH3 is 1. The predicted molar refractivity (Wildman–Crippen MR) is 115 cm³/mol. The zero-order valence-corrected chi connectivity index (χ0v) is 17.7. The van der Waals surface area contributed by atoms with Gasteiger partial charge in [-0.15, -0.1) is 0 Å². The normalized spacial score (nSPS) is 15.4. The first-order valence-corrected chi connectivity index (χ1v) is 11.2. The second-order valence-electron chi connectivity index (χ2n) is 6.97. The summed E-state index contributed by atoms with van der Waals surface area (Å²) < 4.78 is 37.7. The molecule has 30 heavy (non-hydrogen) atoms. The Labute approximate surface area is 177 Å². The van der Waals surface area contributed by atoms with Gasteiger partial charge >= 0.3 is 0 Å². The SMILES string of the molecule is C=CCOc1cccc(NC(=O)C2CCN(S(=O)(=O)c3ccc(OC)cc3)CC2)c1. The van der Waals surface area contributed by atoms with E-state index in [1.54, 1.807) is 36.4 Å². The predicted octanol–water partition coefficient (Wildman–Crippen LogP) is 3.30. The summed E-state index contributed by atoms with van der Waals surface area (Å²) in [4.78, 5) is 12.9. The van der Waals surface area contributed by atoms with Gasteiger partial charge in [0.05, 0.1) is 12.0 Å². The van der Waals surface area contributed by atoms with Crippen molar-refractivity contribution in [3.63, 3.8) is 0 Å². The first-order valence-electron chi connectivity index (χ1n) is 9.73. The van der Waals surface area contributed by atoms with Crippen LogP contribution in [-0.2, 0) is 14.8 Å². The Morgan fingerprint density at radius 3 is 2.50 bits per heavy atom. The number of piperidine rings is 1. The smallest absolute Gasteiger partial charge is 0.243 e. The molecule has 1 fully saturated rings. The summed E-state index contributed by atoms with van der Waals surface area (Å²) in [7, 11) is -2.06. The molecule has 7 nitrogen and oxygen atoms in total. The Bertz CT molecular complexity index is 981. The largest absolute Gasteiger partial charge is 0.497 e. The number of anilines is 1. The van der Waals surface area contributed by atoms with Crippen LogP contribution in [0.15, 0.2) is 66.1 Å². The van der Waals surface area contributed by atoms with E-state index in [4.69, 9.17) is 9.47 Å². The van der Waals surface area contributed by atoms with Gasteiger partial charge in [-0.3, -0.25) is 4.79 Å². The molecule has 0 unspecified atom stereocenters. The number of rotatable bonds is 8. The van der Waals surface area contributed by atoms with Crippen LogP contribution in [0.3, 0.4) is 0 Å². The van der Waals surface area contributed by atoms with Crippen molar-refractivity contribution < 1.29 is 22.7 Å². The zero-order valence-electron chi connectivity index (χ0n) is 16.9. The Balaban J connectivity index is 1.58. The summed E-state index contributed by atoms with van der Waals surface area (Å²) in [5.41, 5.74) is 0.648. The van der Waals surface area contributed by atoms with E-state index in [-0.39, 0.29) is 16.7 Å². The minimum Gasteiger partial charge on any atom is -0.497 e. The number of nitrogens with zero attached hydrogens (tertiary/aromatic N) is 1. The quantitative estimate of drug-likeness (QED) is 0.650. The molecule has 3 rings (SSSR count). The number of hydrogen-bond acceptors (Lipinski definition) is 5. The molecule has 1 saturated heterocycles. The molecule has 1 N–H and O–H groups in total. The molecule has 2 aromatic carbocycles. The first-order chi connectivity index (χ1) is 14.4. The Morgan fingerprint density at radius 1 is 1.17 bits per heavy atom. The third-order valence-corrected chi connectivity index (χ3v) is 6.90. The summed E-state index contributed by atoms with van der Waals surface area (Å²) >= 11 is 0. The molecule has 0 aromatic heterocycles. The van der Waals surface area contributed by atoms with E-state index in [2.05, 4.69) is 11.9 Å². The minimum atomic E-state index is -3.59. The maximum atomic E-state index is 12.8. The number of sulfonamides is 1. The zero-order chi connectivity index (χ0) is 21.6. The van der Waals surface area contributed by atoms with Crippen molar-refractivity contribution in [2.75, 3.05) is 32.1 Å². The lowest BCUT2D eigenvalue weighted by atomic mass is 9.97. The number of carbonyl (C=O) groups excluding carboxylic acids is 1. The van der Waals surface area contributed by atoms with Gasteiger partial charge < -0.3 is 14.8 Å². The highest BCUT2D eigenvalue weighted by Gasteiger charge is 2.32. The van der Waals surface area contributed by atoms with E-state index < -0.39 is 10.0 Å². The Hall–Kier alpha value is -2.84. The second kappa shape index (κ2) is 9.77. The standard InChI is InChI=1S/C22H26N2O5S/c1-3-15-29-20-6-4-5-18(16-20)23-22(25)17-11-13-24(14-12-17)30(26,27)21-9-7-19(28-2)8-10-21/h3-10,16-17H,1,11-15H2,2H3,(H,23,25). The highest BCUT2D eigenvalue weighted by atomic mass is 32.2. The Morgan fingerprint density at radius 2 is 1.87 bits per heavy atom. The maximum Gasteiger partial charge on any atom is 0.243 e. The molecular formula is C22H26N2O5S. The van der Waals surface area contributed by atoms with Crippen molar-refractivity contribution in [2.24, 2.45) is 5.92 Å². The third kappa shape index (κ3) is 5.20. The van der Waals surface area contributed by atoms with Crippen LogP contribution in [-0.4, -0.2) is 45.4 Å². The van der Waals surface area contributed by atoms with Gasteiger partial charge in [0.15, 0.2) is 0 Å². The molecule has 1 aliphatic heterocycles. The van der Waals surface area contributed by atoms with Crippen LogP contribution < -0.4 is 14.8 Å². The monoisotopic (exact) mass is 430 g/mol. The van der Waals surface area contributed by atoms with E-state index in [1.165, 1.54) is 23.5 Å². The number of carbonyl (C=O) groups is 1. The number of nitrogens with one attached hydrogen (secondary N) is 1. The van der Waals surface area contributed by atoms with Crippen LogP contribution >= 0.6 is 0 Å². The van der Waals surface area contributed by atoms with Gasteiger partial charge in [-0.05, 0) is 49.2 Å². The van der Waals surface area contributed by atoms with Crippen molar-refractivity contribution in [1.29, 1.82) is 0 Å². The van der Waals surface area contributed by atoms with Crippen LogP contribution in [0.4, 0.5) is 5.69 Å². The number of ether oxygens (including phenoxy) is 2. The molecule has 0 radical (unpaired) electrons. The van der Waals surface area contributed by atoms with Crippen LogP contribution in [0, 0.1) is 5.92 Å². The van der Waals surface area contributed by atoms with Crippen molar-refractivity contribution in [3.05, 3.63) is 61.2 Å². The highest BCUT2D eigenvalue weighted by Crippen LogP contribution is 2.26. The molecule has 0 saturated carbocycles. The van der Waals surface area contributed by atoms with E-state index in [0.717, 1.165) is 0 Å². The lowest BCUT2D eigenvalue weighted by Gasteiger charge is -2.30. The van der Waals surface area contributed by atoms with Gasteiger partial charge in [0.25, 0.3) is 0 Å². The van der Waals surface area contributed by atoms with Crippen LogP contribution in [0.25, 0.3) is 0 Å². The summed E-state index contributed by atoms with van der Waals surface area (Å²) in [6.45, 7) is 4.60. The highest BCUT2D eigenvalue weighted by molar-refractivity contribution is 7.89. The molecular weight excluding hydrogens is 404 g/mol. The van der Waals surface area contributed by atoms with Crippen LogP contribution in [0.2, 0.25) is 0 Å². The lowest BCUT2D eigenvalue weighted by molar-refractivity contribution is -0.120. The molecule has 2 aromatic rings. The average molecular weight is 431 g/mol. The van der Waals surface area contributed by atoms with Crippen molar-refractivity contribution in [3.8, 4) is 11.5 Å². The van der Waals surface area contributed by atoms with Crippen molar-refractivity contribution in [1.82, 2.24) is 4.31 Å². The van der Waals surface area contributed by atoms with Gasteiger partial charge in [0, 0.05) is 30.8 Å². The van der Waals surface area contributed by atoms with Gasteiger partial charge in [-0.1, -0.05) is 18.7 Å². The van der Waals surface area contributed by atoms with Crippen LogP contribution in [0.1, 0.15) is 12.8 Å². The molecule has 0 bridgehead atoms. The number of hydrogen-bond donors (Lipinski definition) is 1. The molecule has 0 spiro atoms. The van der Waals surface area contributed by atoms with Gasteiger partial charge in [0.1, 0.15) is 18.1 Å². The molecule has 1 heterocycles. The van der Waals surface area contributed by atoms with E-state index in [0.29, 0.717) is 49.7 Å². The van der Waals surface area contributed by atoms with E-state index >= 15 is 0 Å². The lowest BCUT2D eigenvalue weighted by Crippen LogP contribution is -2.41. The summed E-state index contributed by atoms with van der Waals surface area (Å²) in [6.07, 6.45) is 2.58. The molecule has 0 atom stereocenters. The molecule has 1 amide bonds. The van der Waals surface area contributed by atoms with Gasteiger partial charge in [0.2, 0.25) is 15.9 Å². The second-order valence-corrected chi connectivity index (χ2v) is 8.91. The fraction of sp³-hybridized carbons (Fsp3) is 0.318. The topological polar surface area (TPSA) is 84.9 Å². The fourth-order valence-electron chi connectivity index (χ4n) is 3.32. The number of benzene rings is 2. The first kappa shape index (κ1) is 21.9. The molecule has 160 valence electrons. The van der Waals surface area contributed by atoms with Crippen molar-refractivity contribution >= 4 is 21.6 Å². The Kier molecular flexibility index (Phi) is 7.12.